The quantitative estimate of drug-likeness (QED) is 0.787. The summed E-state index contributed by atoms with van der Waals surface area (Å²) in [6, 6.07) is 7.74. The molecule has 15 heavy (non-hydrogen) atoms. The number of nitrogens with one attached hydrogen (secondary N) is 1. The summed E-state index contributed by atoms with van der Waals surface area (Å²) in [5.74, 6) is -0.711. The Kier molecular flexibility index (Phi) is 4.28. The van der Waals surface area contributed by atoms with Crippen LogP contribution in [0.25, 0.3) is 11.0 Å². The number of para-hydroxylation sites is 1. The zero-order valence-electron chi connectivity index (χ0n) is 8.47. The largest absolute Gasteiger partial charge is 0.481 e. The lowest BCUT2D eigenvalue weighted by molar-refractivity contribution is -0.137. The summed E-state index contributed by atoms with van der Waals surface area (Å²) in [4.78, 5) is 9.60. The van der Waals surface area contributed by atoms with Gasteiger partial charge in [0.05, 0.1) is 5.52 Å². The van der Waals surface area contributed by atoms with E-state index in [2.05, 4.69) is 15.4 Å². The molecular formula is C10H13N3O2. The molecule has 0 radical (unpaired) electrons. The van der Waals surface area contributed by atoms with Crippen molar-refractivity contribution in [1.82, 2.24) is 15.4 Å². The summed E-state index contributed by atoms with van der Waals surface area (Å²) in [6.45, 7) is 1.84. The van der Waals surface area contributed by atoms with Gasteiger partial charge in [-0.15, -0.1) is 5.10 Å². The first-order valence-corrected chi connectivity index (χ1v) is 4.71. The number of carboxylic acids is 1. The van der Waals surface area contributed by atoms with Gasteiger partial charge in [-0.05, 0) is 18.6 Å². The Balaban J connectivity index is 0.000000167. The average Bonchev–Trinajstić information content (AvgIpc) is 2.65. The van der Waals surface area contributed by atoms with Gasteiger partial charge in [-0.2, -0.15) is 0 Å². The van der Waals surface area contributed by atoms with Gasteiger partial charge in [-0.3, -0.25) is 9.89 Å². The minimum absolute atomic E-state index is 0.292. The van der Waals surface area contributed by atoms with Crippen LogP contribution in [0.3, 0.4) is 0 Å². The molecule has 0 unspecified atom stereocenters. The summed E-state index contributed by atoms with van der Waals surface area (Å²) in [5, 5.41) is 18.1. The number of aromatic amines is 1. The Labute approximate surface area is 87.1 Å². The number of carbonyl (C=O) groups is 1. The summed E-state index contributed by atoms with van der Waals surface area (Å²) in [7, 11) is 0. The number of nitrogens with zero attached hydrogens (tertiary/aromatic N) is 2. The van der Waals surface area contributed by atoms with Crippen LogP contribution >= 0.6 is 0 Å². The highest BCUT2D eigenvalue weighted by atomic mass is 16.4. The Morgan fingerprint density at radius 3 is 2.73 bits per heavy atom. The van der Waals surface area contributed by atoms with E-state index in [0.29, 0.717) is 6.42 Å². The van der Waals surface area contributed by atoms with Gasteiger partial charge >= 0.3 is 5.97 Å². The molecule has 1 heterocycles. The third-order valence-corrected chi connectivity index (χ3v) is 1.70. The molecule has 0 spiro atoms. The Morgan fingerprint density at radius 1 is 1.47 bits per heavy atom. The first kappa shape index (κ1) is 11.2. The number of carboxylic acid groups (broad SMARTS) is 1. The molecule has 0 atom stereocenters. The van der Waals surface area contributed by atoms with E-state index in [0.717, 1.165) is 17.5 Å². The summed E-state index contributed by atoms with van der Waals surface area (Å²) in [6.07, 6.45) is 1.02. The molecule has 0 aliphatic carbocycles. The molecule has 2 aromatic rings. The number of hydrogen-bond donors (Lipinski definition) is 2. The third kappa shape index (κ3) is 3.76. The van der Waals surface area contributed by atoms with Gasteiger partial charge in [-0.25, -0.2) is 0 Å². The zero-order chi connectivity index (χ0) is 11.1. The van der Waals surface area contributed by atoms with E-state index in [9.17, 15) is 4.79 Å². The van der Waals surface area contributed by atoms with Gasteiger partial charge in [0.1, 0.15) is 5.52 Å². The molecule has 0 aliphatic heterocycles. The van der Waals surface area contributed by atoms with Crippen molar-refractivity contribution in [3.05, 3.63) is 24.3 Å². The van der Waals surface area contributed by atoms with Crippen molar-refractivity contribution in [1.29, 1.82) is 0 Å². The fraction of sp³-hybridized carbons (Fsp3) is 0.300. The SMILES string of the molecule is CCCC(=O)O.c1ccc2[nH]nnc2c1. The molecule has 2 N–H and O–H groups in total. The number of aromatic nitrogens is 3. The topological polar surface area (TPSA) is 78.9 Å². The van der Waals surface area contributed by atoms with Crippen LogP contribution in [0.4, 0.5) is 0 Å². The van der Waals surface area contributed by atoms with E-state index in [4.69, 9.17) is 5.11 Å². The van der Waals surface area contributed by atoms with Crippen molar-refractivity contribution in [2.75, 3.05) is 0 Å². The highest BCUT2D eigenvalue weighted by Crippen LogP contribution is 2.03. The van der Waals surface area contributed by atoms with Crippen molar-refractivity contribution in [2.45, 2.75) is 19.8 Å². The van der Waals surface area contributed by atoms with Crippen molar-refractivity contribution >= 4 is 17.0 Å². The van der Waals surface area contributed by atoms with Crippen molar-refractivity contribution in [3.8, 4) is 0 Å². The molecule has 1 aromatic heterocycles. The molecule has 5 heteroatoms. The van der Waals surface area contributed by atoms with Crippen LogP contribution < -0.4 is 0 Å². The van der Waals surface area contributed by atoms with Crippen molar-refractivity contribution in [3.63, 3.8) is 0 Å². The van der Waals surface area contributed by atoms with E-state index < -0.39 is 5.97 Å². The standard InChI is InChI=1S/C6H5N3.C4H8O2/c1-2-4-6-5(3-1)7-9-8-6;1-2-3-4(5)6/h1-4H,(H,7,8,9);2-3H2,1H3,(H,5,6). The lowest BCUT2D eigenvalue weighted by atomic mass is 10.3. The van der Waals surface area contributed by atoms with Crippen LogP contribution in [0, 0.1) is 0 Å². The van der Waals surface area contributed by atoms with Crippen LogP contribution in [-0.4, -0.2) is 26.5 Å². The van der Waals surface area contributed by atoms with Crippen LogP contribution in [0.5, 0.6) is 0 Å². The second kappa shape index (κ2) is 5.74. The predicted molar refractivity (Wildman–Crippen MR) is 56.4 cm³/mol. The first-order chi connectivity index (χ1) is 7.24. The third-order valence-electron chi connectivity index (χ3n) is 1.70. The lowest BCUT2D eigenvalue weighted by Crippen LogP contribution is -1.90. The normalized spacial score (nSPS) is 9.40. The second-order valence-electron chi connectivity index (χ2n) is 2.97. The van der Waals surface area contributed by atoms with Crippen molar-refractivity contribution in [2.24, 2.45) is 0 Å². The minimum Gasteiger partial charge on any atom is -0.481 e. The molecule has 1 aromatic carbocycles. The minimum atomic E-state index is -0.711. The Bertz CT molecular complexity index is 395. The maximum Gasteiger partial charge on any atom is 0.303 e. The fourth-order valence-corrected chi connectivity index (χ4v) is 1.00. The molecule has 80 valence electrons. The van der Waals surface area contributed by atoms with Crippen LogP contribution in [0.15, 0.2) is 24.3 Å². The maximum absolute atomic E-state index is 9.60. The van der Waals surface area contributed by atoms with Crippen LogP contribution in [0.1, 0.15) is 19.8 Å². The summed E-state index contributed by atoms with van der Waals surface area (Å²) >= 11 is 0. The van der Waals surface area contributed by atoms with Gasteiger partial charge in [0.15, 0.2) is 0 Å². The number of hydrogen-bond acceptors (Lipinski definition) is 3. The first-order valence-electron chi connectivity index (χ1n) is 4.71. The predicted octanol–water partition coefficient (Wildman–Crippen LogP) is 1.83. The fourth-order valence-electron chi connectivity index (χ4n) is 1.00. The highest BCUT2D eigenvalue weighted by molar-refractivity contribution is 5.72. The van der Waals surface area contributed by atoms with E-state index >= 15 is 0 Å². The van der Waals surface area contributed by atoms with Crippen molar-refractivity contribution < 1.29 is 9.90 Å². The molecule has 0 bridgehead atoms. The summed E-state index contributed by atoms with van der Waals surface area (Å²) < 4.78 is 0. The Hall–Kier alpha value is -1.91. The smallest absolute Gasteiger partial charge is 0.303 e. The van der Waals surface area contributed by atoms with Gasteiger partial charge in [-0.1, -0.05) is 24.3 Å². The molecule has 0 aliphatic rings. The van der Waals surface area contributed by atoms with Gasteiger partial charge in [0.2, 0.25) is 0 Å². The molecule has 5 nitrogen and oxygen atoms in total. The summed E-state index contributed by atoms with van der Waals surface area (Å²) in [5.41, 5.74) is 1.90. The van der Waals surface area contributed by atoms with Gasteiger partial charge in [0, 0.05) is 6.42 Å². The Morgan fingerprint density at radius 2 is 2.20 bits per heavy atom. The lowest BCUT2D eigenvalue weighted by Gasteiger charge is -1.79. The average molecular weight is 207 g/mol. The monoisotopic (exact) mass is 207 g/mol. The van der Waals surface area contributed by atoms with Gasteiger partial charge in [0.25, 0.3) is 0 Å². The number of rotatable bonds is 2. The molecule has 0 saturated carbocycles. The number of fused-ring (bicyclic) bond motifs is 1. The maximum atomic E-state index is 9.60. The van der Waals surface area contributed by atoms with Crippen LogP contribution in [0.2, 0.25) is 0 Å². The number of H-pyrrole nitrogens is 1. The number of aliphatic carboxylic acids is 1. The molecule has 0 amide bonds. The second-order valence-corrected chi connectivity index (χ2v) is 2.97. The van der Waals surface area contributed by atoms with Gasteiger partial charge < -0.3 is 5.11 Å². The molecule has 0 fully saturated rings. The molecule has 2 rings (SSSR count). The van der Waals surface area contributed by atoms with E-state index in [1.54, 1.807) is 0 Å². The highest BCUT2D eigenvalue weighted by Gasteiger charge is 1.90. The van der Waals surface area contributed by atoms with E-state index in [1.165, 1.54) is 0 Å². The van der Waals surface area contributed by atoms with E-state index in [1.807, 2.05) is 31.2 Å². The zero-order valence-corrected chi connectivity index (χ0v) is 8.47. The van der Waals surface area contributed by atoms with Crippen LogP contribution in [-0.2, 0) is 4.79 Å². The molecular weight excluding hydrogens is 194 g/mol. The number of benzene rings is 1. The van der Waals surface area contributed by atoms with E-state index in [-0.39, 0.29) is 0 Å². The molecule has 0 saturated heterocycles.